The number of pyridine rings is 1. The molecule has 0 amide bonds. The van der Waals surface area contributed by atoms with Crippen molar-refractivity contribution in [2.45, 2.75) is 20.1 Å². The molecule has 2 rings (SSSR count). The predicted octanol–water partition coefficient (Wildman–Crippen LogP) is 1.50. The van der Waals surface area contributed by atoms with Crippen molar-refractivity contribution >= 4 is 0 Å². The lowest BCUT2D eigenvalue weighted by Gasteiger charge is -2.11. The zero-order chi connectivity index (χ0) is 14.9. The maximum Gasteiger partial charge on any atom is 0.166 e. The van der Waals surface area contributed by atoms with Crippen LogP contribution < -0.4 is 10.1 Å². The molecule has 0 aliphatic heterocycles. The first-order chi connectivity index (χ1) is 10.3. The van der Waals surface area contributed by atoms with E-state index in [1.165, 1.54) is 0 Å². The summed E-state index contributed by atoms with van der Waals surface area (Å²) in [6.45, 7) is 4.36. The summed E-state index contributed by atoms with van der Waals surface area (Å²) in [5, 5.41) is 3.27. The predicted molar refractivity (Wildman–Crippen MR) is 78.9 cm³/mol. The SMILES string of the molecule is COCCNCc1nc(C)ccc1OCc1ncccn1. The van der Waals surface area contributed by atoms with E-state index in [-0.39, 0.29) is 0 Å². The smallest absolute Gasteiger partial charge is 0.166 e. The molecule has 0 saturated carbocycles. The van der Waals surface area contributed by atoms with Crippen molar-refractivity contribution in [2.75, 3.05) is 20.3 Å². The molecule has 2 aromatic heterocycles. The highest BCUT2D eigenvalue weighted by Crippen LogP contribution is 2.17. The van der Waals surface area contributed by atoms with E-state index < -0.39 is 0 Å². The summed E-state index contributed by atoms with van der Waals surface area (Å²) >= 11 is 0. The van der Waals surface area contributed by atoms with Gasteiger partial charge < -0.3 is 14.8 Å². The Morgan fingerprint density at radius 1 is 1.19 bits per heavy atom. The van der Waals surface area contributed by atoms with Crippen LogP contribution in [0.1, 0.15) is 17.2 Å². The fourth-order valence-corrected chi connectivity index (χ4v) is 1.78. The second-order valence-electron chi connectivity index (χ2n) is 4.52. The Morgan fingerprint density at radius 3 is 2.76 bits per heavy atom. The maximum atomic E-state index is 5.78. The van der Waals surface area contributed by atoms with Crippen LogP contribution in [-0.4, -0.2) is 35.2 Å². The molecular weight excluding hydrogens is 268 g/mol. The molecule has 6 heteroatoms. The third-order valence-corrected chi connectivity index (χ3v) is 2.82. The van der Waals surface area contributed by atoms with Gasteiger partial charge in [-0.05, 0) is 25.1 Å². The van der Waals surface area contributed by atoms with Gasteiger partial charge in [-0.15, -0.1) is 0 Å². The average Bonchev–Trinajstić information content (AvgIpc) is 2.52. The van der Waals surface area contributed by atoms with Gasteiger partial charge in [-0.1, -0.05) is 0 Å². The summed E-state index contributed by atoms with van der Waals surface area (Å²) in [6, 6.07) is 5.64. The van der Waals surface area contributed by atoms with Crippen molar-refractivity contribution in [3.63, 3.8) is 0 Å². The van der Waals surface area contributed by atoms with E-state index in [2.05, 4.69) is 20.3 Å². The quantitative estimate of drug-likeness (QED) is 0.742. The van der Waals surface area contributed by atoms with Gasteiger partial charge in [-0.3, -0.25) is 4.98 Å². The van der Waals surface area contributed by atoms with Crippen LogP contribution in [0.4, 0.5) is 0 Å². The van der Waals surface area contributed by atoms with Crippen LogP contribution in [0.5, 0.6) is 5.75 Å². The normalized spacial score (nSPS) is 10.6. The van der Waals surface area contributed by atoms with Gasteiger partial charge in [0.25, 0.3) is 0 Å². The summed E-state index contributed by atoms with van der Waals surface area (Å²) in [5.41, 5.74) is 1.84. The number of aryl methyl sites for hydroxylation is 1. The topological polar surface area (TPSA) is 69.2 Å². The van der Waals surface area contributed by atoms with E-state index in [9.17, 15) is 0 Å². The van der Waals surface area contributed by atoms with Gasteiger partial charge in [-0.25, -0.2) is 9.97 Å². The fraction of sp³-hybridized carbons (Fsp3) is 0.400. The van der Waals surface area contributed by atoms with E-state index in [4.69, 9.17) is 9.47 Å². The van der Waals surface area contributed by atoms with Crippen molar-refractivity contribution in [1.82, 2.24) is 20.3 Å². The van der Waals surface area contributed by atoms with Gasteiger partial charge >= 0.3 is 0 Å². The van der Waals surface area contributed by atoms with E-state index in [1.54, 1.807) is 25.6 Å². The number of nitrogens with zero attached hydrogens (tertiary/aromatic N) is 3. The van der Waals surface area contributed by atoms with Crippen molar-refractivity contribution in [1.29, 1.82) is 0 Å². The second kappa shape index (κ2) is 8.28. The van der Waals surface area contributed by atoms with Crippen molar-refractivity contribution in [3.05, 3.63) is 47.8 Å². The van der Waals surface area contributed by atoms with Gasteiger partial charge in [0.05, 0.1) is 12.3 Å². The lowest BCUT2D eigenvalue weighted by Crippen LogP contribution is -2.20. The van der Waals surface area contributed by atoms with Gasteiger partial charge in [0.15, 0.2) is 5.82 Å². The Hall–Kier alpha value is -2.05. The van der Waals surface area contributed by atoms with Gasteiger partial charge in [0.1, 0.15) is 12.4 Å². The lowest BCUT2D eigenvalue weighted by molar-refractivity contribution is 0.198. The molecule has 0 saturated heterocycles. The molecule has 112 valence electrons. The number of hydrogen-bond donors (Lipinski definition) is 1. The van der Waals surface area contributed by atoms with Crippen LogP contribution in [0, 0.1) is 6.92 Å². The highest BCUT2D eigenvalue weighted by atomic mass is 16.5. The Balaban J connectivity index is 1.97. The Bertz CT molecular complexity index is 549. The molecule has 0 aliphatic carbocycles. The van der Waals surface area contributed by atoms with Crippen molar-refractivity contribution < 1.29 is 9.47 Å². The summed E-state index contributed by atoms with van der Waals surface area (Å²) in [7, 11) is 1.68. The maximum absolute atomic E-state index is 5.78. The van der Waals surface area contributed by atoms with Gasteiger partial charge in [-0.2, -0.15) is 0 Å². The molecule has 0 radical (unpaired) electrons. The summed E-state index contributed by atoms with van der Waals surface area (Å²) in [4.78, 5) is 12.8. The standard InChI is InChI=1S/C15H20N4O2/c1-12-4-5-14(13(19-12)10-16-8-9-20-2)21-11-15-17-6-3-7-18-15/h3-7,16H,8-11H2,1-2H3. The summed E-state index contributed by atoms with van der Waals surface area (Å²) in [5.74, 6) is 1.40. The third kappa shape index (κ3) is 5.09. The van der Waals surface area contributed by atoms with Gasteiger partial charge in [0.2, 0.25) is 0 Å². The number of nitrogens with one attached hydrogen (secondary N) is 1. The fourth-order valence-electron chi connectivity index (χ4n) is 1.78. The van der Waals surface area contributed by atoms with Crippen LogP contribution in [0.15, 0.2) is 30.6 Å². The lowest BCUT2D eigenvalue weighted by atomic mass is 10.3. The van der Waals surface area contributed by atoms with Crippen molar-refractivity contribution in [3.8, 4) is 5.75 Å². The molecule has 1 N–H and O–H groups in total. The molecule has 0 fully saturated rings. The minimum absolute atomic E-state index is 0.330. The van der Waals surface area contributed by atoms with E-state index in [0.717, 1.165) is 23.7 Å². The molecule has 0 atom stereocenters. The minimum atomic E-state index is 0.330. The van der Waals surface area contributed by atoms with Crippen LogP contribution in [0.25, 0.3) is 0 Å². The summed E-state index contributed by atoms with van der Waals surface area (Å²) in [6.07, 6.45) is 3.40. The molecule has 6 nitrogen and oxygen atoms in total. The molecule has 0 spiro atoms. The van der Waals surface area contributed by atoms with Crippen LogP contribution in [0.3, 0.4) is 0 Å². The Kier molecular flexibility index (Phi) is 6.05. The van der Waals surface area contributed by atoms with Crippen LogP contribution >= 0.6 is 0 Å². The summed E-state index contributed by atoms with van der Waals surface area (Å²) < 4.78 is 10.8. The second-order valence-corrected chi connectivity index (χ2v) is 4.52. The zero-order valence-electron chi connectivity index (χ0n) is 12.4. The highest BCUT2D eigenvalue weighted by Gasteiger charge is 2.07. The first kappa shape index (κ1) is 15.3. The molecule has 0 unspecified atom stereocenters. The Morgan fingerprint density at radius 2 is 2.00 bits per heavy atom. The van der Waals surface area contributed by atoms with E-state index in [1.807, 2.05) is 19.1 Å². The number of aromatic nitrogens is 3. The van der Waals surface area contributed by atoms with E-state index >= 15 is 0 Å². The van der Waals surface area contributed by atoms with Crippen LogP contribution in [-0.2, 0) is 17.9 Å². The molecule has 0 aromatic carbocycles. The molecule has 2 aromatic rings. The number of rotatable bonds is 8. The first-order valence-electron chi connectivity index (χ1n) is 6.84. The molecular formula is C15H20N4O2. The zero-order valence-corrected chi connectivity index (χ0v) is 12.4. The molecule has 21 heavy (non-hydrogen) atoms. The first-order valence-corrected chi connectivity index (χ1v) is 6.84. The number of hydrogen-bond acceptors (Lipinski definition) is 6. The molecule has 0 bridgehead atoms. The van der Waals surface area contributed by atoms with Gasteiger partial charge in [0, 0.05) is 38.3 Å². The monoisotopic (exact) mass is 288 g/mol. The average molecular weight is 288 g/mol. The van der Waals surface area contributed by atoms with E-state index in [0.29, 0.717) is 25.6 Å². The van der Waals surface area contributed by atoms with Crippen molar-refractivity contribution in [2.24, 2.45) is 0 Å². The largest absolute Gasteiger partial charge is 0.484 e. The number of methoxy groups -OCH3 is 1. The highest BCUT2D eigenvalue weighted by molar-refractivity contribution is 5.29. The third-order valence-electron chi connectivity index (χ3n) is 2.82. The molecule has 2 heterocycles. The molecule has 0 aliphatic rings. The van der Waals surface area contributed by atoms with Crippen LogP contribution in [0.2, 0.25) is 0 Å². The Labute approximate surface area is 124 Å². The minimum Gasteiger partial charge on any atom is -0.484 e. The number of ether oxygens (including phenoxy) is 2.